The summed E-state index contributed by atoms with van der Waals surface area (Å²) in [7, 11) is 0. The molecule has 0 radical (unpaired) electrons. The first-order chi connectivity index (χ1) is 8.75. The largest absolute Gasteiger partial charge is 0.492 e. The number of nitrogens with two attached hydrogens (primary N) is 1. The predicted octanol–water partition coefficient (Wildman–Crippen LogP) is 0.801. The van der Waals surface area contributed by atoms with Crippen LogP contribution in [0.3, 0.4) is 0 Å². The number of carbonyl (C=O) groups excluding carboxylic acids is 1. The van der Waals surface area contributed by atoms with E-state index in [9.17, 15) is 4.79 Å². The number of hydrogen-bond acceptors (Lipinski definition) is 4. The number of nitrogens with one attached hydrogen (secondary N) is 2. The molecular formula is C12H14N4O2. The number of nitrogens with zero attached hydrogens (tertiary/aromatic N) is 1. The molecule has 0 spiro atoms. The number of amides is 1. The Labute approximate surface area is 104 Å². The highest BCUT2D eigenvalue weighted by molar-refractivity contribution is 5.93. The van der Waals surface area contributed by atoms with Crippen LogP contribution in [0.15, 0.2) is 36.7 Å². The van der Waals surface area contributed by atoms with Gasteiger partial charge in [0, 0.05) is 11.9 Å². The number of ether oxygens (including phenoxy) is 1. The minimum absolute atomic E-state index is 0.176. The van der Waals surface area contributed by atoms with Crippen molar-refractivity contribution in [2.24, 2.45) is 0 Å². The maximum Gasteiger partial charge on any atom is 0.254 e. The van der Waals surface area contributed by atoms with Gasteiger partial charge in [0.05, 0.1) is 18.3 Å². The molecule has 0 aliphatic carbocycles. The zero-order valence-electron chi connectivity index (χ0n) is 9.72. The number of hydrogen-bond donors (Lipinski definition) is 3. The number of carbonyl (C=O) groups is 1. The normalized spacial score (nSPS) is 10.0. The number of rotatable bonds is 5. The average molecular weight is 246 g/mol. The van der Waals surface area contributed by atoms with Crippen molar-refractivity contribution in [2.75, 3.05) is 18.9 Å². The lowest BCUT2D eigenvalue weighted by atomic mass is 10.3. The van der Waals surface area contributed by atoms with E-state index in [0.29, 0.717) is 24.4 Å². The van der Waals surface area contributed by atoms with Crippen LogP contribution in [0.25, 0.3) is 0 Å². The van der Waals surface area contributed by atoms with E-state index in [1.54, 1.807) is 24.3 Å². The predicted molar refractivity (Wildman–Crippen MR) is 67.3 cm³/mol. The molecule has 0 aliphatic heterocycles. The van der Waals surface area contributed by atoms with E-state index in [1.807, 2.05) is 0 Å². The molecule has 0 saturated heterocycles. The van der Waals surface area contributed by atoms with E-state index in [-0.39, 0.29) is 5.91 Å². The molecule has 0 atom stereocenters. The van der Waals surface area contributed by atoms with Crippen molar-refractivity contribution in [1.82, 2.24) is 15.5 Å². The van der Waals surface area contributed by atoms with Gasteiger partial charge in [0.2, 0.25) is 0 Å². The maximum atomic E-state index is 11.5. The summed E-state index contributed by atoms with van der Waals surface area (Å²) in [5, 5.41) is 8.99. The van der Waals surface area contributed by atoms with Crippen molar-refractivity contribution >= 4 is 11.6 Å². The third-order valence-corrected chi connectivity index (χ3v) is 2.30. The summed E-state index contributed by atoms with van der Waals surface area (Å²) in [5.41, 5.74) is 6.75. The van der Waals surface area contributed by atoms with Gasteiger partial charge in [-0.25, -0.2) is 0 Å². The number of anilines is 1. The molecular weight excluding hydrogens is 232 g/mol. The summed E-state index contributed by atoms with van der Waals surface area (Å²) in [6.45, 7) is 0.821. The zero-order chi connectivity index (χ0) is 12.8. The number of H-pyrrole nitrogens is 1. The van der Waals surface area contributed by atoms with Crippen LogP contribution < -0.4 is 15.8 Å². The first-order valence-electron chi connectivity index (χ1n) is 5.51. The van der Waals surface area contributed by atoms with Crippen molar-refractivity contribution in [3.8, 4) is 5.75 Å². The van der Waals surface area contributed by atoms with Crippen molar-refractivity contribution in [1.29, 1.82) is 0 Å². The Morgan fingerprint density at radius 1 is 1.39 bits per heavy atom. The second kappa shape index (κ2) is 5.72. The minimum atomic E-state index is -0.176. The van der Waals surface area contributed by atoms with Crippen molar-refractivity contribution in [2.45, 2.75) is 0 Å². The van der Waals surface area contributed by atoms with Crippen LogP contribution in [0.2, 0.25) is 0 Å². The maximum absolute atomic E-state index is 11.5. The number of benzene rings is 1. The quantitative estimate of drug-likeness (QED) is 0.537. The highest BCUT2D eigenvalue weighted by atomic mass is 16.5. The van der Waals surface area contributed by atoms with Crippen LogP contribution in [0, 0.1) is 0 Å². The zero-order valence-corrected chi connectivity index (χ0v) is 9.72. The molecule has 6 nitrogen and oxygen atoms in total. The summed E-state index contributed by atoms with van der Waals surface area (Å²) >= 11 is 0. The van der Waals surface area contributed by atoms with Crippen LogP contribution in [-0.4, -0.2) is 29.3 Å². The molecule has 4 N–H and O–H groups in total. The van der Waals surface area contributed by atoms with Crippen molar-refractivity contribution in [3.05, 3.63) is 42.2 Å². The van der Waals surface area contributed by atoms with E-state index in [1.165, 1.54) is 12.4 Å². The third kappa shape index (κ3) is 3.24. The van der Waals surface area contributed by atoms with Crippen LogP contribution >= 0.6 is 0 Å². The molecule has 18 heavy (non-hydrogen) atoms. The van der Waals surface area contributed by atoms with Gasteiger partial charge in [-0.1, -0.05) is 0 Å². The van der Waals surface area contributed by atoms with E-state index in [4.69, 9.17) is 10.5 Å². The summed E-state index contributed by atoms with van der Waals surface area (Å²) in [5.74, 6) is 0.548. The molecule has 94 valence electrons. The minimum Gasteiger partial charge on any atom is -0.492 e. The Morgan fingerprint density at radius 3 is 2.83 bits per heavy atom. The third-order valence-electron chi connectivity index (χ3n) is 2.30. The lowest BCUT2D eigenvalue weighted by Crippen LogP contribution is -2.27. The fourth-order valence-corrected chi connectivity index (χ4v) is 1.37. The highest BCUT2D eigenvalue weighted by Crippen LogP contribution is 2.12. The smallest absolute Gasteiger partial charge is 0.254 e. The standard InChI is InChI=1S/C12H14N4O2/c13-10-1-3-11(4-2-10)18-6-5-14-12(17)9-7-15-16-8-9/h1-4,7-8H,5-6,13H2,(H,14,17)(H,15,16). The lowest BCUT2D eigenvalue weighted by molar-refractivity contribution is 0.0947. The van der Waals surface area contributed by atoms with Gasteiger partial charge < -0.3 is 15.8 Å². The SMILES string of the molecule is Nc1ccc(OCCNC(=O)c2cn[nH]c2)cc1. The van der Waals surface area contributed by atoms with Gasteiger partial charge in [0.15, 0.2) is 0 Å². The molecule has 0 aliphatic rings. The molecule has 0 unspecified atom stereocenters. The Kier molecular flexibility index (Phi) is 3.80. The first-order valence-corrected chi connectivity index (χ1v) is 5.51. The van der Waals surface area contributed by atoms with Crippen molar-refractivity contribution < 1.29 is 9.53 Å². The molecule has 2 rings (SSSR count). The van der Waals surface area contributed by atoms with Gasteiger partial charge in [-0.15, -0.1) is 0 Å². The van der Waals surface area contributed by atoms with Gasteiger partial charge in [-0.2, -0.15) is 5.10 Å². The molecule has 1 heterocycles. The Hall–Kier alpha value is -2.50. The molecule has 1 amide bonds. The van der Waals surface area contributed by atoms with E-state index in [2.05, 4.69) is 15.5 Å². The monoisotopic (exact) mass is 246 g/mol. The Morgan fingerprint density at radius 2 is 2.17 bits per heavy atom. The average Bonchev–Trinajstić information content (AvgIpc) is 2.90. The molecule has 0 saturated carbocycles. The number of nitrogen functional groups attached to an aromatic ring is 1. The van der Waals surface area contributed by atoms with Crippen LogP contribution in [0.4, 0.5) is 5.69 Å². The van der Waals surface area contributed by atoms with E-state index < -0.39 is 0 Å². The van der Waals surface area contributed by atoms with E-state index in [0.717, 1.165) is 5.75 Å². The lowest BCUT2D eigenvalue weighted by Gasteiger charge is -2.07. The van der Waals surface area contributed by atoms with Crippen LogP contribution in [-0.2, 0) is 0 Å². The van der Waals surface area contributed by atoms with Gasteiger partial charge in [-0.05, 0) is 24.3 Å². The summed E-state index contributed by atoms with van der Waals surface area (Å²) in [6.07, 6.45) is 3.01. The summed E-state index contributed by atoms with van der Waals surface area (Å²) < 4.78 is 5.44. The highest BCUT2D eigenvalue weighted by Gasteiger charge is 2.04. The molecule has 1 aromatic heterocycles. The van der Waals surface area contributed by atoms with Crippen LogP contribution in [0.1, 0.15) is 10.4 Å². The Bertz CT molecular complexity index is 493. The topological polar surface area (TPSA) is 93.0 Å². The molecule has 2 aromatic rings. The molecule has 6 heteroatoms. The van der Waals surface area contributed by atoms with Gasteiger partial charge >= 0.3 is 0 Å². The summed E-state index contributed by atoms with van der Waals surface area (Å²) in [4.78, 5) is 11.5. The fourth-order valence-electron chi connectivity index (χ4n) is 1.37. The number of aromatic nitrogens is 2. The first kappa shape index (κ1) is 12.0. The fraction of sp³-hybridized carbons (Fsp3) is 0.167. The van der Waals surface area contributed by atoms with Crippen LogP contribution in [0.5, 0.6) is 5.75 Å². The van der Waals surface area contributed by atoms with E-state index >= 15 is 0 Å². The molecule has 0 bridgehead atoms. The van der Waals surface area contributed by atoms with Crippen molar-refractivity contribution in [3.63, 3.8) is 0 Å². The number of aromatic amines is 1. The van der Waals surface area contributed by atoms with Gasteiger partial charge in [0.1, 0.15) is 12.4 Å². The van der Waals surface area contributed by atoms with Gasteiger partial charge in [0.25, 0.3) is 5.91 Å². The Balaban J connectivity index is 1.70. The second-order valence-corrected chi connectivity index (χ2v) is 3.66. The second-order valence-electron chi connectivity index (χ2n) is 3.66. The summed E-state index contributed by atoms with van der Waals surface area (Å²) in [6, 6.07) is 7.10. The van der Waals surface area contributed by atoms with Gasteiger partial charge in [-0.3, -0.25) is 9.89 Å². The molecule has 0 fully saturated rings. The molecule has 1 aromatic carbocycles.